The van der Waals surface area contributed by atoms with Gasteiger partial charge < -0.3 is 15.4 Å². The molecule has 2 N–H and O–H groups in total. The topological polar surface area (TPSA) is 105 Å². The Bertz CT molecular complexity index is 716. The van der Waals surface area contributed by atoms with E-state index in [4.69, 9.17) is 4.74 Å². The molecule has 4 amide bonds. The Labute approximate surface area is 145 Å². The van der Waals surface area contributed by atoms with Gasteiger partial charge in [0, 0.05) is 18.7 Å². The minimum atomic E-state index is -1.10. The highest BCUT2D eigenvalue weighted by Gasteiger charge is 2.31. The number of imide groups is 1. The number of carbonyl (C=O) groups excluding carboxylic acids is 4. The van der Waals surface area contributed by atoms with Gasteiger partial charge in [-0.2, -0.15) is 0 Å². The summed E-state index contributed by atoms with van der Waals surface area (Å²) < 4.78 is 4.98. The SMILES string of the molecule is Cc1ccc(C(=O)NCC(=O)OC(C)C(=O)N2CCNC2=O)cc1C. The molecule has 1 aliphatic heterocycles. The normalized spacial score (nSPS) is 14.7. The predicted octanol–water partition coefficient (Wildman–Crippen LogP) is 0.517. The lowest BCUT2D eigenvalue weighted by Gasteiger charge is -2.18. The van der Waals surface area contributed by atoms with Crippen LogP contribution in [0.1, 0.15) is 28.4 Å². The number of amides is 4. The van der Waals surface area contributed by atoms with Crippen molar-refractivity contribution < 1.29 is 23.9 Å². The number of rotatable bonds is 5. The van der Waals surface area contributed by atoms with Crippen LogP contribution in [0.2, 0.25) is 0 Å². The molecule has 1 heterocycles. The fraction of sp³-hybridized carbons (Fsp3) is 0.412. The third-order valence-corrected chi connectivity index (χ3v) is 3.94. The highest BCUT2D eigenvalue weighted by Crippen LogP contribution is 2.09. The molecule has 8 nitrogen and oxygen atoms in total. The Morgan fingerprint density at radius 3 is 2.60 bits per heavy atom. The molecule has 1 aliphatic rings. The van der Waals surface area contributed by atoms with Crippen molar-refractivity contribution >= 4 is 23.8 Å². The van der Waals surface area contributed by atoms with E-state index in [-0.39, 0.29) is 13.1 Å². The molecule has 0 aliphatic carbocycles. The molecule has 25 heavy (non-hydrogen) atoms. The van der Waals surface area contributed by atoms with Gasteiger partial charge in [0.2, 0.25) is 0 Å². The number of urea groups is 1. The van der Waals surface area contributed by atoms with Crippen molar-refractivity contribution in [2.75, 3.05) is 19.6 Å². The number of ether oxygens (including phenoxy) is 1. The van der Waals surface area contributed by atoms with Gasteiger partial charge in [-0.25, -0.2) is 4.79 Å². The number of carbonyl (C=O) groups is 4. The molecule has 1 aromatic carbocycles. The first-order valence-corrected chi connectivity index (χ1v) is 7.93. The molecule has 134 valence electrons. The van der Waals surface area contributed by atoms with Crippen molar-refractivity contribution in [3.63, 3.8) is 0 Å². The fourth-order valence-corrected chi connectivity index (χ4v) is 2.33. The summed E-state index contributed by atoms with van der Waals surface area (Å²) in [4.78, 5) is 48.3. The maximum absolute atomic E-state index is 12.0. The number of hydrogen-bond donors (Lipinski definition) is 2. The van der Waals surface area contributed by atoms with E-state index in [9.17, 15) is 19.2 Å². The lowest BCUT2D eigenvalue weighted by molar-refractivity contribution is -0.156. The standard InChI is InChI=1S/C17H21N3O5/c1-10-4-5-13(8-11(10)2)15(22)19-9-14(21)25-12(3)16(23)20-7-6-18-17(20)24/h4-5,8,12H,6-7,9H2,1-3H3,(H,18,24)(H,19,22). The van der Waals surface area contributed by atoms with Gasteiger partial charge in [-0.1, -0.05) is 6.07 Å². The third kappa shape index (κ3) is 4.56. The molecule has 0 aromatic heterocycles. The van der Waals surface area contributed by atoms with Gasteiger partial charge in [0.05, 0.1) is 0 Å². The predicted molar refractivity (Wildman–Crippen MR) is 88.9 cm³/mol. The van der Waals surface area contributed by atoms with Crippen LogP contribution in [0.15, 0.2) is 18.2 Å². The van der Waals surface area contributed by atoms with Gasteiger partial charge in [0.15, 0.2) is 6.10 Å². The highest BCUT2D eigenvalue weighted by molar-refractivity contribution is 5.99. The zero-order valence-corrected chi connectivity index (χ0v) is 14.4. The van der Waals surface area contributed by atoms with Crippen LogP contribution in [0, 0.1) is 13.8 Å². The molecule has 0 bridgehead atoms. The zero-order chi connectivity index (χ0) is 18.6. The van der Waals surface area contributed by atoms with Crippen LogP contribution in [0.4, 0.5) is 4.79 Å². The molecule has 0 spiro atoms. The summed E-state index contributed by atoms with van der Waals surface area (Å²) in [6.07, 6.45) is -1.10. The second-order valence-electron chi connectivity index (χ2n) is 5.84. The van der Waals surface area contributed by atoms with Gasteiger partial charge in [-0.3, -0.25) is 19.3 Å². The summed E-state index contributed by atoms with van der Waals surface area (Å²) in [7, 11) is 0. The molecule has 1 saturated heterocycles. The second-order valence-corrected chi connectivity index (χ2v) is 5.84. The maximum atomic E-state index is 12.0. The van der Waals surface area contributed by atoms with E-state index < -0.39 is 29.9 Å². The number of nitrogens with zero attached hydrogens (tertiary/aromatic N) is 1. The first kappa shape index (κ1) is 18.4. The number of benzene rings is 1. The van der Waals surface area contributed by atoms with Crippen LogP contribution >= 0.6 is 0 Å². The number of aryl methyl sites for hydroxylation is 2. The lowest BCUT2D eigenvalue weighted by atomic mass is 10.1. The number of nitrogens with one attached hydrogen (secondary N) is 2. The van der Waals surface area contributed by atoms with Crippen molar-refractivity contribution in [1.82, 2.24) is 15.5 Å². The highest BCUT2D eigenvalue weighted by atomic mass is 16.5. The summed E-state index contributed by atoms with van der Waals surface area (Å²) in [6.45, 7) is 5.46. The Hall–Kier alpha value is -2.90. The van der Waals surface area contributed by atoms with Gasteiger partial charge in [-0.15, -0.1) is 0 Å². The van der Waals surface area contributed by atoms with Crippen molar-refractivity contribution in [2.24, 2.45) is 0 Å². The van der Waals surface area contributed by atoms with E-state index in [0.29, 0.717) is 12.1 Å². The Balaban J connectivity index is 1.83. The molecule has 1 atom stereocenters. The molecule has 1 aromatic rings. The van der Waals surface area contributed by atoms with Crippen molar-refractivity contribution in [1.29, 1.82) is 0 Å². The quantitative estimate of drug-likeness (QED) is 0.756. The molecular weight excluding hydrogens is 326 g/mol. The Morgan fingerprint density at radius 1 is 1.28 bits per heavy atom. The molecule has 0 radical (unpaired) electrons. The van der Waals surface area contributed by atoms with Crippen LogP contribution in [0.3, 0.4) is 0 Å². The molecule has 8 heteroatoms. The first-order valence-electron chi connectivity index (χ1n) is 7.93. The largest absolute Gasteiger partial charge is 0.451 e. The summed E-state index contributed by atoms with van der Waals surface area (Å²) >= 11 is 0. The van der Waals surface area contributed by atoms with Gasteiger partial charge >= 0.3 is 12.0 Å². The van der Waals surface area contributed by atoms with Gasteiger partial charge in [0.25, 0.3) is 11.8 Å². The average molecular weight is 347 g/mol. The van der Waals surface area contributed by atoms with Crippen molar-refractivity contribution in [2.45, 2.75) is 26.9 Å². The fourth-order valence-electron chi connectivity index (χ4n) is 2.33. The molecule has 1 fully saturated rings. The van der Waals surface area contributed by atoms with Crippen LogP contribution in [0.25, 0.3) is 0 Å². The maximum Gasteiger partial charge on any atom is 0.326 e. The first-order chi connectivity index (χ1) is 11.8. The Kier molecular flexibility index (Phi) is 5.74. The van der Waals surface area contributed by atoms with Gasteiger partial charge in [0.1, 0.15) is 6.54 Å². The van der Waals surface area contributed by atoms with E-state index in [0.717, 1.165) is 16.0 Å². The minimum Gasteiger partial charge on any atom is -0.451 e. The van der Waals surface area contributed by atoms with Crippen LogP contribution < -0.4 is 10.6 Å². The number of esters is 1. The van der Waals surface area contributed by atoms with E-state index in [2.05, 4.69) is 10.6 Å². The second kappa shape index (κ2) is 7.78. The van der Waals surface area contributed by atoms with E-state index in [1.54, 1.807) is 12.1 Å². The van der Waals surface area contributed by atoms with Crippen molar-refractivity contribution in [3.05, 3.63) is 34.9 Å². The van der Waals surface area contributed by atoms with Gasteiger partial charge in [-0.05, 0) is 44.0 Å². The van der Waals surface area contributed by atoms with E-state index in [1.807, 2.05) is 19.9 Å². The molecule has 1 unspecified atom stereocenters. The van der Waals surface area contributed by atoms with Crippen LogP contribution in [-0.4, -0.2) is 54.5 Å². The smallest absolute Gasteiger partial charge is 0.326 e. The lowest BCUT2D eigenvalue weighted by Crippen LogP contribution is -2.43. The van der Waals surface area contributed by atoms with E-state index >= 15 is 0 Å². The Morgan fingerprint density at radius 2 is 2.00 bits per heavy atom. The molecular formula is C17H21N3O5. The zero-order valence-electron chi connectivity index (χ0n) is 14.4. The molecule has 2 rings (SSSR count). The molecule has 0 saturated carbocycles. The number of hydrogen-bond acceptors (Lipinski definition) is 5. The summed E-state index contributed by atoms with van der Waals surface area (Å²) in [5.41, 5.74) is 2.47. The van der Waals surface area contributed by atoms with Crippen LogP contribution in [0.5, 0.6) is 0 Å². The third-order valence-electron chi connectivity index (χ3n) is 3.94. The summed E-state index contributed by atoms with van der Waals surface area (Å²) in [5, 5.41) is 4.94. The van der Waals surface area contributed by atoms with Crippen molar-refractivity contribution in [3.8, 4) is 0 Å². The van der Waals surface area contributed by atoms with Crippen LogP contribution in [-0.2, 0) is 14.3 Å². The minimum absolute atomic E-state index is 0.239. The van der Waals surface area contributed by atoms with E-state index in [1.165, 1.54) is 6.92 Å². The summed E-state index contributed by atoms with van der Waals surface area (Å²) in [6, 6.07) is 4.72. The summed E-state index contributed by atoms with van der Waals surface area (Å²) in [5.74, 6) is -1.75. The monoisotopic (exact) mass is 347 g/mol. The average Bonchev–Trinajstić information content (AvgIpc) is 3.00.